The maximum Gasteiger partial charge on any atom is 0.131 e. The summed E-state index contributed by atoms with van der Waals surface area (Å²) >= 11 is 0. The molecule has 5 nitrogen and oxygen atoms in total. The number of nitrogens with two attached hydrogens (primary N) is 1. The van der Waals surface area contributed by atoms with E-state index in [1.165, 1.54) is 0 Å². The van der Waals surface area contributed by atoms with Crippen LogP contribution in [0.15, 0.2) is 30.5 Å². The summed E-state index contributed by atoms with van der Waals surface area (Å²) in [6, 6.07) is 11.0. The first-order chi connectivity index (χ1) is 8.26. The van der Waals surface area contributed by atoms with Gasteiger partial charge in [-0.05, 0) is 24.3 Å². The van der Waals surface area contributed by atoms with Crippen LogP contribution < -0.4 is 5.73 Å². The van der Waals surface area contributed by atoms with Gasteiger partial charge in [0.05, 0.1) is 36.0 Å². The normalized spacial score (nSPS) is 9.53. The highest BCUT2D eigenvalue weighted by molar-refractivity contribution is 5.49. The van der Waals surface area contributed by atoms with E-state index in [1.54, 1.807) is 35.1 Å². The van der Waals surface area contributed by atoms with Crippen LogP contribution in [0.25, 0.3) is 5.69 Å². The van der Waals surface area contributed by atoms with Gasteiger partial charge in [-0.3, -0.25) is 0 Å². The van der Waals surface area contributed by atoms with Gasteiger partial charge >= 0.3 is 0 Å². The van der Waals surface area contributed by atoms with E-state index >= 15 is 0 Å². The highest BCUT2D eigenvalue weighted by Gasteiger charge is 2.08. The van der Waals surface area contributed by atoms with Gasteiger partial charge in [-0.25, -0.2) is 4.68 Å². The minimum Gasteiger partial charge on any atom is -0.383 e. The fourth-order valence-corrected chi connectivity index (χ4v) is 1.50. The molecule has 0 atom stereocenters. The lowest BCUT2D eigenvalue weighted by atomic mass is 10.2. The number of benzene rings is 1. The van der Waals surface area contributed by atoms with E-state index in [9.17, 15) is 0 Å². The SMILES string of the molecule is N#CCc1cnn(-c2ccc(C#N)cc2)c1N. The Morgan fingerprint density at radius 1 is 1.24 bits per heavy atom. The molecule has 0 amide bonds. The molecule has 0 spiro atoms. The Morgan fingerprint density at radius 2 is 1.94 bits per heavy atom. The molecule has 0 aliphatic carbocycles. The van der Waals surface area contributed by atoms with Gasteiger partial charge in [-0.15, -0.1) is 0 Å². The first kappa shape index (κ1) is 10.7. The van der Waals surface area contributed by atoms with E-state index in [0.717, 1.165) is 5.69 Å². The van der Waals surface area contributed by atoms with Crippen molar-refractivity contribution < 1.29 is 0 Å². The second kappa shape index (κ2) is 4.38. The van der Waals surface area contributed by atoms with Gasteiger partial charge in [-0.2, -0.15) is 15.6 Å². The third-order valence-corrected chi connectivity index (χ3v) is 2.40. The summed E-state index contributed by atoms with van der Waals surface area (Å²) in [5.74, 6) is 0.455. The topological polar surface area (TPSA) is 91.4 Å². The first-order valence-electron chi connectivity index (χ1n) is 4.96. The van der Waals surface area contributed by atoms with E-state index in [4.69, 9.17) is 16.3 Å². The van der Waals surface area contributed by atoms with Crippen LogP contribution in [-0.4, -0.2) is 9.78 Å². The molecular weight excluding hydrogens is 214 g/mol. The number of hydrogen-bond acceptors (Lipinski definition) is 4. The van der Waals surface area contributed by atoms with Crippen molar-refractivity contribution >= 4 is 5.82 Å². The molecule has 17 heavy (non-hydrogen) atoms. The van der Waals surface area contributed by atoms with Crippen LogP contribution in [0.5, 0.6) is 0 Å². The highest BCUT2D eigenvalue weighted by atomic mass is 15.3. The van der Waals surface area contributed by atoms with Gasteiger partial charge in [0.25, 0.3) is 0 Å². The molecule has 1 heterocycles. The van der Waals surface area contributed by atoms with Crippen molar-refractivity contribution in [2.24, 2.45) is 0 Å². The summed E-state index contributed by atoms with van der Waals surface area (Å²) in [7, 11) is 0. The fraction of sp³-hybridized carbons (Fsp3) is 0.0833. The number of nitrogens with zero attached hydrogens (tertiary/aromatic N) is 4. The molecule has 0 aliphatic rings. The maximum atomic E-state index is 8.69. The van der Waals surface area contributed by atoms with Gasteiger partial charge in [0.2, 0.25) is 0 Å². The minimum atomic E-state index is 0.238. The summed E-state index contributed by atoms with van der Waals surface area (Å²) in [6.07, 6.45) is 1.82. The van der Waals surface area contributed by atoms with Gasteiger partial charge in [0, 0.05) is 5.56 Å². The highest BCUT2D eigenvalue weighted by Crippen LogP contribution is 2.17. The van der Waals surface area contributed by atoms with Crippen LogP contribution in [-0.2, 0) is 6.42 Å². The smallest absolute Gasteiger partial charge is 0.131 e. The monoisotopic (exact) mass is 223 g/mol. The summed E-state index contributed by atoms with van der Waals surface area (Å²) in [4.78, 5) is 0. The van der Waals surface area contributed by atoms with Crippen molar-refractivity contribution in [1.29, 1.82) is 10.5 Å². The number of nitrogen functional groups attached to an aromatic ring is 1. The summed E-state index contributed by atoms with van der Waals surface area (Å²) in [5, 5.41) is 21.4. The molecule has 82 valence electrons. The summed E-state index contributed by atoms with van der Waals surface area (Å²) in [6.45, 7) is 0. The van der Waals surface area contributed by atoms with Crippen molar-refractivity contribution in [2.45, 2.75) is 6.42 Å². The van der Waals surface area contributed by atoms with Gasteiger partial charge < -0.3 is 5.73 Å². The van der Waals surface area contributed by atoms with Crippen molar-refractivity contribution in [3.8, 4) is 17.8 Å². The van der Waals surface area contributed by atoms with E-state index in [1.807, 2.05) is 12.1 Å². The third-order valence-electron chi connectivity index (χ3n) is 2.40. The number of nitriles is 2. The average molecular weight is 223 g/mol. The average Bonchev–Trinajstić information content (AvgIpc) is 2.72. The zero-order valence-corrected chi connectivity index (χ0v) is 8.96. The standard InChI is InChI=1S/C12H9N5/c13-6-5-10-8-16-17(12(10)15)11-3-1-9(7-14)2-4-11/h1-4,8H,5,15H2. The zero-order valence-electron chi connectivity index (χ0n) is 8.96. The van der Waals surface area contributed by atoms with E-state index in [-0.39, 0.29) is 6.42 Å². The lowest BCUT2D eigenvalue weighted by molar-refractivity contribution is 0.891. The Hall–Kier alpha value is -2.79. The summed E-state index contributed by atoms with van der Waals surface area (Å²) in [5.41, 5.74) is 7.93. The number of anilines is 1. The van der Waals surface area contributed by atoms with E-state index in [2.05, 4.69) is 5.10 Å². The molecule has 0 aliphatic heterocycles. The Kier molecular flexibility index (Phi) is 2.76. The van der Waals surface area contributed by atoms with Crippen molar-refractivity contribution in [1.82, 2.24) is 9.78 Å². The Morgan fingerprint density at radius 3 is 2.53 bits per heavy atom. The molecule has 0 saturated heterocycles. The number of hydrogen-bond donors (Lipinski definition) is 1. The molecule has 0 saturated carbocycles. The minimum absolute atomic E-state index is 0.238. The summed E-state index contributed by atoms with van der Waals surface area (Å²) < 4.78 is 1.55. The molecule has 5 heteroatoms. The number of aromatic nitrogens is 2. The second-order valence-corrected chi connectivity index (χ2v) is 3.46. The molecule has 0 radical (unpaired) electrons. The molecular formula is C12H9N5. The van der Waals surface area contributed by atoms with Crippen molar-refractivity contribution in [3.05, 3.63) is 41.6 Å². The third kappa shape index (κ3) is 1.95. The Bertz CT molecular complexity index is 610. The van der Waals surface area contributed by atoms with Crippen LogP contribution in [0.1, 0.15) is 11.1 Å². The zero-order chi connectivity index (χ0) is 12.3. The molecule has 1 aromatic heterocycles. The lowest BCUT2D eigenvalue weighted by Crippen LogP contribution is -2.02. The van der Waals surface area contributed by atoms with E-state index < -0.39 is 0 Å². The quantitative estimate of drug-likeness (QED) is 0.832. The molecule has 1 aromatic carbocycles. The van der Waals surface area contributed by atoms with Crippen LogP contribution in [0, 0.1) is 22.7 Å². The van der Waals surface area contributed by atoms with Crippen molar-refractivity contribution in [3.63, 3.8) is 0 Å². The van der Waals surface area contributed by atoms with Crippen LogP contribution in [0.3, 0.4) is 0 Å². The predicted molar refractivity (Wildman–Crippen MR) is 62.0 cm³/mol. The van der Waals surface area contributed by atoms with Crippen LogP contribution in [0.4, 0.5) is 5.82 Å². The number of rotatable bonds is 2. The molecule has 2 aromatic rings. The molecule has 0 bridgehead atoms. The second-order valence-electron chi connectivity index (χ2n) is 3.46. The lowest BCUT2D eigenvalue weighted by Gasteiger charge is -2.04. The van der Waals surface area contributed by atoms with Gasteiger partial charge in [0.1, 0.15) is 5.82 Å². The Balaban J connectivity index is 2.40. The first-order valence-corrected chi connectivity index (χ1v) is 4.96. The van der Waals surface area contributed by atoms with Gasteiger partial charge in [-0.1, -0.05) is 0 Å². The van der Waals surface area contributed by atoms with Crippen LogP contribution in [0.2, 0.25) is 0 Å². The molecule has 0 fully saturated rings. The molecule has 2 rings (SSSR count). The van der Waals surface area contributed by atoms with Crippen molar-refractivity contribution in [2.75, 3.05) is 5.73 Å². The fourth-order valence-electron chi connectivity index (χ4n) is 1.50. The van der Waals surface area contributed by atoms with E-state index in [0.29, 0.717) is 16.9 Å². The predicted octanol–water partition coefficient (Wildman–Crippen LogP) is 1.39. The van der Waals surface area contributed by atoms with Gasteiger partial charge in [0.15, 0.2) is 0 Å². The molecule has 0 unspecified atom stereocenters. The largest absolute Gasteiger partial charge is 0.383 e. The molecule has 2 N–H and O–H groups in total. The Labute approximate surface area is 98.3 Å². The van der Waals surface area contributed by atoms with Crippen LogP contribution >= 0.6 is 0 Å². The maximum absolute atomic E-state index is 8.69.